The average molecular weight is 401 g/mol. The van der Waals surface area contributed by atoms with Gasteiger partial charge in [-0.2, -0.15) is 5.10 Å². The molecule has 0 spiro atoms. The quantitative estimate of drug-likeness (QED) is 0.686. The predicted octanol–water partition coefficient (Wildman–Crippen LogP) is 2.30. The van der Waals surface area contributed by atoms with E-state index in [4.69, 9.17) is 4.74 Å². The van der Waals surface area contributed by atoms with Crippen LogP contribution in [0.15, 0.2) is 47.6 Å². The second-order valence-electron chi connectivity index (χ2n) is 7.13. The Labute approximate surface area is 164 Å². The third-order valence-electron chi connectivity index (χ3n) is 5.37. The van der Waals surface area contributed by atoms with Crippen LogP contribution >= 0.6 is 0 Å². The van der Waals surface area contributed by atoms with E-state index >= 15 is 0 Å². The van der Waals surface area contributed by atoms with Gasteiger partial charge < -0.3 is 4.74 Å². The van der Waals surface area contributed by atoms with Crippen molar-refractivity contribution in [1.29, 1.82) is 0 Å². The molecular weight excluding hydrogens is 376 g/mol. The van der Waals surface area contributed by atoms with Crippen LogP contribution in [0.25, 0.3) is 10.9 Å². The summed E-state index contributed by atoms with van der Waals surface area (Å²) in [7, 11) is -3.66. The van der Waals surface area contributed by atoms with E-state index in [0.717, 1.165) is 22.9 Å². The zero-order chi connectivity index (χ0) is 19.7. The average Bonchev–Trinajstić information content (AvgIpc) is 3.28. The van der Waals surface area contributed by atoms with Gasteiger partial charge in [-0.1, -0.05) is 18.2 Å². The van der Waals surface area contributed by atoms with Gasteiger partial charge >= 0.3 is 0 Å². The molecule has 1 aliphatic rings. The summed E-state index contributed by atoms with van der Waals surface area (Å²) in [5.74, 6) is 0.0575. The molecule has 0 unspecified atom stereocenters. The molecule has 148 valence electrons. The van der Waals surface area contributed by atoms with Gasteiger partial charge in [0.25, 0.3) is 0 Å². The second-order valence-corrected chi connectivity index (χ2v) is 8.81. The number of benzene rings is 1. The van der Waals surface area contributed by atoms with E-state index in [1.165, 1.54) is 6.20 Å². The highest BCUT2D eigenvalue weighted by Crippen LogP contribution is 2.25. The molecule has 2 aromatic heterocycles. The minimum Gasteiger partial charge on any atom is -0.379 e. The van der Waals surface area contributed by atoms with Crippen molar-refractivity contribution in [2.24, 2.45) is 5.92 Å². The van der Waals surface area contributed by atoms with Gasteiger partial charge in [-0.15, -0.1) is 0 Å². The van der Waals surface area contributed by atoms with Gasteiger partial charge in [0.1, 0.15) is 4.90 Å². The van der Waals surface area contributed by atoms with Crippen molar-refractivity contribution in [3.63, 3.8) is 0 Å². The number of aryl methyl sites for hydroxylation is 1. The minimum atomic E-state index is -3.66. The molecule has 3 heterocycles. The molecule has 28 heavy (non-hydrogen) atoms. The number of sulfonamides is 1. The van der Waals surface area contributed by atoms with Crippen LogP contribution in [0.2, 0.25) is 0 Å². The van der Waals surface area contributed by atoms with E-state index in [-0.39, 0.29) is 16.9 Å². The maximum absolute atomic E-state index is 12.9. The molecule has 1 fully saturated rings. The fourth-order valence-electron chi connectivity index (χ4n) is 3.82. The highest BCUT2D eigenvalue weighted by molar-refractivity contribution is 7.89. The first-order chi connectivity index (χ1) is 13.5. The first-order valence-corrected chi connectivity index (χ1v) is 10.9. The van der Waals surface area contributed by atoms with E-state index in [1.54, 1.807) is 17.8 Å². The van der Waals surface area contributed by atoms with Crippen LogP contribution in [0.1, 0.15) is 18.2 Å². The maximum Gasteiger partial charge on any atom is 0.244 e. The topological polar surface area (TPSA) is 86.1 Å². The molecule has 0 amide bonds. The van der Waals surface area contributed by atoms with Crippen molar-refractivity contribution in [2.45, 2.75) is 37.8 Å². The molecule has 1 aromatic carbocycles. The van der Waals surface area contributed by atoms with Crippen LogP contribution in [0, 0.1) is 12.8 Å². The third kappa shape index (κ3) is 3.55. The van der Waals surface area contributed by atoms with Crippen molar-refractivity contribution in [1.82, 2.24) is 19.5 Å². The van der Waals surface area contributed by atoms with Gasteiger partial charge in [0.2, 0.25) is 10.0 Å². The number of hydrogen-bond donors (Lipinski definition) is 1. The molecular formula is C20H24N4O3S. The number of para-hydroxylation sites is 1. The highest BCUT2D eigenvalue weighted by Gasteiger charge is 2.33. The molecule has 1 N–H and O–H groups in total. The van der Waals surface area contributed by atoms with E-state index in [0.29, 0.717) is 25.5 Å². The lowest BCUT2D eigenvalue weighted by Gasteiger charge is -2.19. The van der Waals surface area contributed by atoms with E-state index in [1.807, 2.05) is 31.2 Å². The largest absolute Gasteiger partial charge is 0.379 e. The summed E-state index contributed by atoms with van der Waals surface area (Å²) < 4.78 is 36.0. The van der Waals surface area contributed by atoms with Crippen molar-refractivity contribution in [2.75, 3.05) is 13.2 Å². The van der Waals surface area contributed by atoms with E-state index < -0.39 is 10.0 Å². The van der Waals surface area contributed by atoms with Crippen molar-refractivity contribution >= 4 is 20.9 Å². The van der Waals surface area contributed by atoms with Crippen LogP contribution in [-0.2, 0) is 27.7 Å². The summed E-state index contributed by atoms with van der Waals surface area (Å²) in [5.41, 5.74) is 2.74. The Kier molecular flexibility index (Phi) is 5.18. The monoisotopic (exact) mass is 400 g/mol. The molecule has 1 aliphatic heterocycles. The van der Waals surface area contributed by atoms with Crippen LogP contribution in [0.4, 0.5) is 0 Å². The van der Waals surface area contributed by atoms with Gasteiger partial charge in [-0.3, -0.25) is 9.67 Å². The number of rotatable bonds is 6. The summed E-state index contributed by atoms with van der Waals surface area (Å²) in [5, 5.41) is 5.25. The second kappa shape index (κ2) is 7.62. The van der Waals surface area contributed by atoms with Gasteiger partial charge in [-0.05, 0) is 38.0 Å². The third-order valence-corrected chi connectivity index (χ3v) is 6.97. The molecule has 0 bridgehead atoms. The number of nitrogens with zero attached hydrogens (tertiary/aromatic N) is 3. The Hall–Kier alpha value is -2.29. The maximum atomic E-state index is 12.9. The van der Waals surface area contributed by atoms with Crippen LogP contribution < -0.4 is 4.72 Å². The molecule has 2 atom stereocenters. The Morgan fingerprint density at radius 1 is 1.25 bits per heavy atom. The minimum absolute atomic E-state index is 0.0575. The van der Waals surface area contributed by atoms with Crippen LogP contribution in [0.5, 0.6) is 0 Å². The molecule has 4 rings (SSSR count). The summed E-state index contributed by atoms with van der Waals surface area (Å²) in [6.45, 7) is 5.23. The van der Waals surface area contributed by atoms with Crippen molar-refractivity contribution in [3.05, 3.63) is 54.0 Å². The first kappa shape index (κ1) is 19.0. The molecule has 3 aromatic rings. The lowest BCUT2D eigenvalue weighted by Crippen LogP contribution is -2.40. The Balaban J connectivity index is 1.56. The van der Waals surface area contributed by atoms with Crippen molar-refractivity contribution in [3.8, 4) is 0 Å². The number of hydrogen-bond acceptors (Lipinski definition) is 5. The SMILES string of the molecule is CCn1ncc(S(=O)(=O)N[C@H]2COC[C@H]2Cc2ccnc3ccccc23)c1C. The predicted molar refractivity (Wildman–Crippen MR) is 107 cm³/mol. The number of aromatic nitrogens is 3. The first-order valence-electron chi connectivity index (χ1n) is 9.44. The summed E-state index contributed by atoms with van der Waals surface area (Å²) >= 11 is 0. The standard InChI is InChI=1S/C20H24N4O3S/c1-3-24-14(2)20(11-22-24)28(25,26)23-19-13-27-12-16(19)10-15-8-9-21-18-7-5-4-6-17(15)18/h4-9,11,16,19,23H,3,10,12-13H2,1-2H3/t16-,19+/m1/s1. The lowest BCUT2D eigenvalue weighted by atomic mass is 9.93. The molecule has 0 aliphatic carbocycles. The smallest absolute Gasteiger partial charge is 0.244 e. The van der Waals surface area contributed by atoms with Crippen molar-refractivity contribution < 1.29 is 13.2 Å². The van der Waals surface area contributed by atoms with Gasteiger partial charge in [0, 0.05) is 24.0 Å². The Morgan fingerprint density at radius 3 is 2.86 bits per heavy atom. The Morgan fingerprint density at radius 2 is 2.07 bits per heavy atom. The molecule has 1 saturated heterocycles. The Bertz CT molecular complexity index is 1090. The number of ether oxygens (including phenoxy) is 1. The number of pyridine rings is 1. The summed E-state index contributed by atoms with van der Waals surface area (Å²) in [6.07, 6.45) is 3.95. The fraction of sp³-hybridized carbons (Fsp3) is 0.400. The number of nitrogens with one attached hydrogen (secondary N) is 1. The zero-order valence-corrected chi connectivity index (χ0v) is 16.8. The van der Waals surface area contributed by atoms with Crippen LogP contribution in [-0.4, -0.2) is 42.4 Å². The lowest BCUT2D eigenvalue weighted by molar-refractivity contribution is 0.183. The molecule has 7 nitrogen and oxygen atoms in total. The highest BCUT2D eigenvalue weighted by atomic mass is 32.2. The normalized spacial score (nSPS) is 20.1. The molecule has 0 saturated carbocycles. The van der Waals surface area contributed by atoms with Gasteiger partial charge in [0.05, 0.1) is 36.7 Å². The van der Waals surface area contributed by atoms with Gasteiger partial charge in [0.15, 0.2) is 0 Å². The summed E-state index contributed by atoms with van der Waals surface area (Å²) in [6, 6.07) is 9.72. The fourth-order valence-corrected chi connectivity index (χ4v) is 5.29. The van der Waals surface area contributed by atoms with Crippen LogP contribution in [0.3, 0.4) is 0 Å². The molecule has 0 radical (unpaired) electrons. The van der Waals surface area contributed by atoms with E-state index in [2.05, 4.69) is 20.9 Å². The summed E-state index contributed by atoms with van der Waals surface area (Å²) in [4.78, 5) is 4.63. The molecule has 8 heteroatoms. The number of fused-ring (bicyclic) bond motifs is 1. The van der Waals surface area contributed by atoms with E-state index in [9.17, 15) is 8.42 Å². The zero-order valence-electron chi connectivity index (χ0n) is 16.0. The van der Waals surface area contributed by atoms with Gasteiger partial charge in [-0.25, -0.2) is 13.1 Å².